The molecule has 1 N–H and O–H groups in total. The van der Waals surface area contributed by atoms with Crippen molar-refractivity contribution < 1.29 is 14.3 Å². The van der Waals surface area contributed by atoms with Crippen LogP contribution in [0.5, 0.6) is 0 Å². The first-order valence-corrected chi connectivity index (χ1v) is 9.98. The number of amides is 2. The van der Waals surface area contributed by atoms with E-state index in [4.69, 9.17) is 4.74 Å². The van der Waals surface area contributed by atoms with Crippen molar-refractivity contribution in [3.8, 4) is 0 Å². The summed E-state index contributed by atoms with van der Waals surface area (Å²) in [5, 5.41) is 1.78. The number of ether oxygens (including phenoxy) is 1. The molecule has 2 unspecified atom stereocenters. The summed E-state index contributed by atoms with van der Waals surface area (Å²) in [7, 11) is 0. The lowest BCUT2D eigenvalue weighted by Crippen LogP contribution is -2.25. The van der Waals surface area contributed by atoms with Gasteiger partial charge in [0.25, 0.3) is 5.24 Å². The number of carbonyl (C=O) groups is 2. The maximum atomic E-state index is 11.8. The fraction of sp³-hybridized carbons (Fsp3) is 0.273. The molecule has 2 aromatic carbocycles. The molecule has 2 amide bonds. The zero-order valence-electron chi connectivity index (χ0n) is 15.1. The molecular formula is C22H21NO3S. The number of carbonyl (C=O) groups excluding carboxylic acids is 2. The van der Waals surface area contributed by atoms with Gasteiger partial charge in [0.2, 0.25) is 5.91 Å². The Labute approximate surface area is 163 Å². The summed E-state index contributed by atoms with van der Waals surface area (Å²) in [6.45, 7) is 2.75. The standard InChI is InChI=1S/C22H21NO3S/c1-14-9-18-10-16(11-20-21(24)23-22(25)27-20)7-8-17(18)12-19(14)26-13-15-5-3-2-4-6-15/h2-8,10,12,14,20H,9,11,13H2,1H3,(H,23,24,25). The van der Waals surface area contributed by atoms with Crippen molar-refractivity contribution in [3.05, 3.63) is 76.5 Å². The third-order valence-corrected chi connectivity index (χ3v) is 5.93. The topological polar surface area (TPSA) is 55.4 Å². The van der Waals surface area contributed by atoms with E-state index in [-0.39, 0.29) is 16.4 Å². The molecule has 4 rings (SSSR count). The predicted molar refractivity (Wildman–Crippen MR) is 107 cm³/mol. The normalized spacial score (nSPS) is 21.4. The number of fused-ring (bicyclic) bond motifs is 1. The summed E-state index contributed by atoms with van der Waals surface area (Å²) in [5.41, 5.74) is 4.68. The minimum atomic E-state index is -0.322. The van der Waals surface area contributed by atoms with E-state index in [1.54, 1.807) is 0 Å². The average molecular weight is 379 g/mol. The number of hydrogen-bond acceptors (Lipinski definition) is 4. The molecule has 1 fully saturated rings. The predicted octanol–water partition coefficient (Wildman–Crippen LogP) is 4.33. The van der Waals surface area contributed by atoms with Crippen LogP contribution in [0.3, 0.4) is 0 Å². The maximum Gasteiger partial charge on any atom is 0.286 e. The molecule has 1 saturated heterocycles. The molecule has 2 aromatic rings. The summed E-state index contributed by atoms with van der Waals surface area (Å²) in [5.74, 6) is 1.13. The number of nitrogens with one attached hydrogen (secondary N) is 1. The SMILES string of the molecule is CC1Cc2cc(CC3SC(=O)NC3=O)ccc2C=C1OCc1ccccc1. The first-order valence-electron chi connectivity index (χ1n) is 9.10. The van der Waals surface area contributed by atoms with Gasteiger partial charge in [-0.05, 0) is 41.2 Å². The Morgan fingerprint density at radius 3 is 2.67 bits per heavy atom. The van der Waals surface area contributed by atoms with Crippen LogP contribution in [0.15, 0.2) is 54.3 Å². The third-order valence-electron chi connectivity index (χ3n) is 4.95. The van der Waals surface area contributed by atoms with Crippen molar-refractivity contribution in [2.45, 2.75) is 31.6 Å². The number of thioether (sulfide) groups is 1. The van der Waals surface area contributed by atoms with Crippen molar-refractivity contribution in [3.63, 3.8) is 0 Å². The van der Waals surface area contributed by atoms with E-state index in [0.717, 1.165) is 35.1 Å². The minimum Gasteiger partial charge on any atom is -0.493 e. The largest absolute Gasteiger partial charge is 0.493 e. The van der Waals surface area contributed by atoms with Crippen molar-refractivity contribution >= 4 is 29.0 Å². The summed E-state index contributed by atoms with van der Waals surface area (Å²) in [6, 6.07) is 16.5. The van der Waals surface area contributed by atoms with Gasteiger partial charge in [0.15, 0.2) is 0 Å². The van der Waals surface area contributed by atoms with E-state index in [2.05, 4.69) is 42.6 Å². The van der Waals surface area contributed by atoms with Crippen LogP contribution in [0.4, 0.5) is 4.79 Å². The molecule has 1 heterocycles. The van der Waals surface area contributed by atoms with Crippen molar-refractivity contribution in [2.24, 2.45) is 5.92 Å². The zero-order chi connectivity index (χ0) is 18.8. The fourth-order valence-electron chi connectivity index (χ4n) is 3.50. The second kappa shape index (κ2) is 7.61. The van der Waals surface area contributed by atoms with E-state index in [1.165, 1.54) is 11.1 Å². The van der Waals surface area contributed by atoms with Crippen LogP contribution in [0, 0.1) is 5.92 Å². The van der Waals surface area contributed by atoms with Gasteiger partial charge in [-0.15, -0.1) is 0 Å². The molecular weight excluding hydrogens is 358 g/mol. The summed E-state index contributed by atoms with van der Waals surface area (Å²) >= 11 is 1.08. The van der Waals surface area contributed by atoms with Crippen molar-refractivity contribution in [1.29, 1.82) is 0 Å². The van der Waals surface area contributed by atoms with Gasteiger partial charge in [-0.1, -0.05) is 67.2 Å². The van der Waals surface area contributed by atoms with Gasteiger partial charge < -0.3 is 4.74 Å². The molecule has 1 aliphatic carbocycles. The molecule has 0 radical (unpaired) electrons. The number of allylic oxidation sites excluding steroid dienone is 1. The van der Waals surface area contributed by atoms with Gasteiger partial charge in [0.1, 0.15) is 12.4 Å². The smallest absolute Gasteiger partial charge is 0.286 e. The monoisotopic (exact) mass is 379 g/mol. The first kappa shape index (κ1) is 17.9. The zero-order valence-corrected chi connectivity index (χ0v) is 15.9. The number of imide groups is 1. The molecule has 0 spiro atoms. The highest BCUT2D eigenvalue weighted by Crippen LogP contribution is 2.31. The second-order valence-electron chi connectivity index (χ2n) is 7.05. The van der Waals surface area contributed by atoms with Crippen LogP contribution in [0.2, 0.25) is 0 Å². The Kier molecular flexibility index (Phi) is 5.03. The summed E-state index contributed by atoms with van der Waals surface area (Å²) in [6.07, 6.45) is 3.61. The molecule has 0 saturated carbocycles. The second-order valence-corrected chi connectivity index (χ2v) is 8.22. The van der Waals surface area contributed by atoms with E-state index < -0.39 is 0 Å². The quantitative estimate of drug-likeness (QED) is 0.840. The van der Waals surface area contributed by atoms with Crippen LogP contribution in [0.1, 0.15) is 29.2 Å². The van der Waals surface area contributed by atoms with Gasteiger partial charge in [-0.25, -0.2) is 0 Å². The first-order chi connectivity index (χ1) is 13.1. The highest BCUT2D eigenvalue weighted by Gasteiger charge is 2.31. The lowest BCUT2D eigenvalue weighted by molar-refractivity contribution is -0.118. The van der Waals surface area contributed by atoms with Crippen LogP contribution in [-0.2, 0) is 29.0 Å². The summed E-state index contributed by atoms with van der Waals surface area (Å²) < 4.78 is 6.07. The Morgan fingerprint density at radius 1 is 1.11 bits per heavy atom. The number of benzene rings is 2. The minimum absolute atomic E-state index is 0.187. The van der Waals surface area contributed by atoms with Gasteiger partial charge in [-0.2, -0.15) is 0 Å². The molecule has 138 valence electrons. The molecule has 27 heavy (non-hydrogen) atoms. The lowest BCUT2D eigenvalue weighted by atomic mass is 9.87. The van der Waals surface area contributed by atoms with Crippen LogP contribution >= 0.6 is 11.8 Å². The lowest BCUT2D eigenvalue weighted by Gasteiger charge is -2.24. The van der Waals surface area contributed by atoms with Gasteiger partial charge in [0.05, 0.1) is 5.25 Å². The Balaban J connectivity index is 1.47. The maximum absolute atomic E-state index is 11.8. The molecule has 0 aromatic heterocycles. The molecule has 4 nitrogen and oxygen atoms in total. The van der Waals surface area contributed by atoms with Crippen LogP contribution in [-0.4, -0.2) is 16.4 Å². The molecule has 2 atom stereocenters. The van der Waals surface area contributed by atoms with Gasteiger partial charge >= 0.3 is 0 Å². The van der Waals surface area contributed by atoms with Crippen molar-refractivity contribution in [2.75, 3.05) is 0 Å². The Morgan fingerprint density at radius 2 is 1.93 bits per heavy atom. The van der Waals surface area contributed by atoms with E-state index in [0.29, 0.717) is 18.9 Å². The van der Waals surface area contributed by atoms with E-state index >= 15 is 0 Å². The number of rotatable bonds is 5. The highest BCUT2D eigenvalue weighted by molar-refractivity contribution is 8.15. The Hall–Kier alpha value is -2.53. The third kappa shape index (κ3) is 4.08. The fourth-order valence-corrected chi connectivity index (χ4v) is 4.36. The van der Waals surface area contributed by atoms with Gasteiger partial charge in [-0.3, -0.25) is 14.9 Å². The van der Waals surface area contributed by atoms with E-state index in [1.807, 2.05) is 24.3 Å². The van der Waals surface area contributed by atoms with Gasteiger partial charge in [0, 0.05) is 5.92 Å². The van der Waals surface area contributed by atoms with Crippen LogP contribution in [0.25, 0.3) is 6.08 Å². The van der Waals surface area contributed by atoms with Crippen molar-refractivity contribution in [1.82, 2.24) is 5.32 Å². The molecule has 5 heteroatoms. The average Bonchev–Trinajstić information content (AvgIpc) is 2.98. The van der Waals surface area contributed by atoms with E-state index in [9.17, 15) is 9.59 Å². The van der Waals surface area contributed by atoms with Crippen LogP contribution < -0.4 is 5.32 Å². The number of hydrogen-bond donors (Lipinski definition) is 1. The highest BCUT2D eigenvalue weighted by atomic mass is 32.2. The molecule has 0 bridgehead atoms. The molecule has 2 aliphatic rings. The molecule has 1 aliphatic heterocycles. The Bertz CT molecular complexity index is 907. The summed E-state index contributed by atoms with van der Waals surface area (Å²) in [4.78, 5) is 23.1.